The maximum Gasteiger partial charge on any atom is 2.00 e. The zero-order valence-corrected chi connectivity index (χ0v) is 26.8. The molecular formula is C24H44Mg2N2O10+2. The Balaban J connectivity index is -0.000000408. The minimum absolute atomic E-state index is 0. The number of hydrogen-bond donors (Lipinski definition) is 0. The van der Waals surface area contributed by atoms with E-state index in [1.54, 1.807) is 13.8 Å². The summed E-state index contributed by atoms with van der Waals surface area (Å²) in [7, 11) is 11.1. The van der Waals surface area contributed by atoms with Crippen LogP contribution >= 0.6 is 0 Å². The molecule has 12 nitrogen and oxygen atoms in total. The van der Waals surface area contributed by atoms with Gasteiger partial charge in [-0.1, -0.05) is 13.8 Å². The number of nitrogens with zero attached hydrogens (tertiary/aromatic N) is 2. The topological polar surface area (TPSA) is 139 Å². The molecule has 212 valence electrons. The van der Waals surface area contributed by atoms with Crippen LogP contribution in [0.1, 0.15) is 45.2 Å². The number of esters is 6. The second kappa shape index (κ2) is 19.5. The van der Waals surface area contributed by atoms with Crippen molar-refractivity contribution in [2.45, 2.75) is 51.7 Å². The average molecular weight is 569 g/mol. The molecule has 0 aromatic rings. The van der Waals surface area contributed by atoms with Crippen molar-refractivity contribution in [3.63, 3.8) is 0 Å². The minimum Gasteiger partial charge on any atom is -1.00 e. The maximum atomic E-state index is 12.1. The van der Waals surface area contributed by atoms with Gasteiger partial charge in [0.1, 0.15) is 13.1 Å². The van der Waals surface area contributed by atoms with Crippen molar-refractivity contribution >= 4 is 81.9 Å². The molecule has 0 heterocycles. The molecule has 0 amide bonds. The van der Waals surface area contributed by atoms with Crippen molar-refractivity contribution < 1.29 is 62.4 Å². The van der Waals surface area contributed by atoms with Gasteiger partial charge >= 0.3 is 81.9 Å². The van der Waals surface area contributed by atoms with Gasteiger partial charge in [-0.15, -0.1) is 0 Å². The van der Waals surface area contributed by atoms with Crippen LogP contribution in [0, 0.1) is 0 Å². The summed E-state index contributed by atoms with van der Waals surface area (Å²) >= 11 is 0. The fraction of sp³-hybridized carbons (Fsp3) is 0.667. The van der Waals surface area contributed by atoms with Gasteiger partial charge in [0, 0.05) is 25.0 Å². The van der Waals surface area contributed by atoms with E-state index < -0.39 is 48.0 Å². The number of rotatable bonds is 14. The van der Waals surface area contributed by atoms with Crippen LogP contribution in [0.15, 0.2) is 12.2 Å². The summed E-state index contributed by atoms with van der Waals surface area (Å²) in [5, 5.41) is 0. The summed E-state index contributed by atoms with van der Waals surface area (Å²) < 4.78 is 20.5. The second-order valence-corrected chi connectivity index (χ2v) is 10.2. The Morgan fingerprint density at radius 3 is 1.13 bits per heavy atom. The van der Waals surface area contributed by atoms with Gasteiger partial charge in [0.05, 0.1) is 55.1 Å². The third kappa shape index (κ3) is 22.4. The van der Waals surface area contributed by atoms with Crippen LogP contribution < -0.4 is 0 Å². The van der Waals surface area contributed by atoms with Crippen molar-refractivity contribution in [1.82, 2.24) is 0 Å². The Morgan fingerprint density at radius 1 is 0.605 bits per heavy atom. The summed E-state index contributed by atoms with van der Waals surface area (Å²) in [5.41, 5.74) is 0. The summed E-state index contributed by atoms with van der Waals surface area (Å²) in [6.45, 7) is 3.84. The molecule has 0 radical (unpaired) electrons. The van der Waals surface area contributed by atoms with Gasteiger partial charge in [-0.25, -0.2) is 9.59 Å². The number of quaternary nitrogens is 2. The third-order valence-corrected chi connectivity index (χ3v) is 4.25. The number of carbonyl (C=O) groups is 6. The van der Waals surface area contributed by atoms with Crippen molar-refractivity contribution in [3.8, 4) is 0 Å². The Morgan fingerprint density at radius 2 is 0.895 bits per heavy atom. The molecule has 0 spiro atoms. The quantitative estimate of drug-likeness (QED) is 0.0713. The Kier molecular flexibility index (Phi) is 21.0. The third-order valence-electron chi connectivity index (χ3n) is 4.25. The van der Waals surface area contributed by atoms with E-state index in [2.05, 4.69) is 9.47 Å². The van der Waals surface area contributed by atoms with E-state index in [1.165, 1.54) is 0 Å². The molecule has 0 N–H and O–H groups in total. The first-order valence-corrected chi connectivity index (χ1v) is 11.6. The number of hydrogen-bond acceptors (Lipinski definition) is 10. The first-order valence-electron chi connectivity index (χ1n) is 11.6. The molecule has 14 heteroatoms. The molecular weight excluding hydrogens is 525 g/mol. The Bertz CT molecular complexity index is 799. The standard InChI is InChI=1S/C24H40N2O10.2Mg.4H/c1-9-19(27)33-17(15-25(3,4)5)13-23(31)35-21(29)11-12-22(30)36-24(32)14-18(16-26(6,7)8)34-20(28)10-2;;;;;;/h11-12,17-18H,9-10,13-16H2,1-8H3;;;;;;/q3*+2;4*-1/b12-11+;;;;;;/t17-,18-;;;;;;/m1....../s1. The predicted octanol–water partition coefficient (Wildman–Crippen LogP) is 0.207. The zero-order valence-electron chi connectivity index (χ0n) is 27.9. The molecule has 0 bridgehead atoms. The molecule has 0 aliphatic carbocycles. The van der Waals surface area contributed by atoms with Gasteiger partial charge < -0.3 is 33.6 Å². The van der Waals surface area contributed by atoms with Crippen LogP contribution in [0.5, 0.6) is 0 Å². The minimum atomic E-state index is -1.16. The first kappa shape index (κ1) is 40.9. The maximum absolute atomic E-state index is 12.1. The molecule has 0 fully saturated rings. The molecule has 0 aromatic carbocycles. The summed E-state index contributed by atoms with van der Waals surface area (Å²) in [6.07, 6.45) is -0.772. The Hall–Kier alpha value is -1.59. The van der Waals surface area contributed by atoms with E-state index in [-0.39, 0.29) is 77.5 Å². The number of ether oxygens (including phenoxy) is 4. The summed E-state index contributed by atoms with van der Waals surface area (Å²) in [5.74, 6) is -5.19. The van der Waals surface area contributed by atoms with E-state index in [0.29, 0.717) is 34.2 Å². The van der Waals surface area contributed by atoms with Crippen LogP contribution in [0.25, 0.3) is 0 Å². The molecule has 0 aromatic heterocycles. The van der Waals surface area contributed by atoms with Gasteiger partial charge in [-0.05, 0) is 0 Å². The van der Waals surface area contributed by atoms with Gasteiger partial charge in [0.15, 0.2) is 12.2 Å². The van der Waals surface area contributed by atoms with Crippen molar-refractivity contribution in [2.75, 3.05) is 55.4 Å². The largest absolute Gasteiger partial charge is 2.00 e. The van der Waals surface area contributed by atoms with Gasteiger partial charge in [-0.2, -0.15) is 0 Å². The molecule has 0 aliphatic rings. The normalized spacial score (nSPS) is 12.7. The van der Waals surface area contributed by atoms with Crippen molar-refractivity contribution in [3.05, 3.63) is 12.2 Å². The first-order chi connectivity index (χ1) is 16.4. The van der Waals surface area contributed by atoms with Crippen LogP contribution in [0.4, 0.5) is 0 Å². The average Bonchev–Trinajstić information content (AvgIpc) is 2.69. The van der Waals surface area contributed by atoms with E-state index in [9.17, 15) is 28.8 Å². The Labute approximate surface area is 262 Å². The van der Waals surface area contributed by atoms with Gasteiger partial charge in [0.2, 0.25) is 0 Å². The second-order valence-electron chi connectivity index (χ2n) is 10.2. The van der Waals surface area contributed by atoms with Crippen molar-refractivity contribution in [2.24, 2.45) is 0 Å². The van der Waals surface area contributed by atoms with Gasteiger partial charge in [0.25, 0.3) is 0 Å². The van der Waals surface area contributed by atoms with E-state index in [1.807, 2.05) is 42.3 Å². The van der Waals surface area contributed by atoms with Crippen LogP contribution in [-0.2, 0) is 47.7 Å². The molecule has 0 aliphatic heterocycles. The molecule has 0 unspecified atom stereocenters. The summed E-state index contributed by atoms with van der Waals surface area (Å²) in [6, 6.07) is 0. The smallest absolute Gasteiger partial charge is 1.00 e. The van der Waals surface area contributed by atoms with E-state index >= 15 is 0 Å². The van der Waals surface area contributed by atoms with Crippen molar-refractivity contribution in [1.29, 1.82) is 0 Å². The molecule has 38 heavy (non-hydrogen) atoms. The van der Waals surface area contributed by atoms with Crippen LogP contribution in [-0.4, -0.2) is 158 Å². The predicted molar refractivity (Wildman–Crippen MR) is 143 cm³/mol. The molecule has 0 rings (SSSR count). The van der Waals surface area contributed by atoms with Crippen LogP contribution in [0.2, 0.25) is 0 Å². The fourth-order valence-corrected chi connectivity index (χ4v) is 2.93. The monoisotopic (exact) mass is 568 g/mol. The summed E-state index contributed by atoms with van der Waals surface area (Å²) in [4.78, 5) is 71.2. The van der Waals surface area contributed by atoms with E-state index in [0.717, 1.165) is 0 Å². The number of likely N-dealkylation sites (N-methyl/N-ethyl adjacent to an activating group) is 2. The van der Waals surface area contributed by atoms with Gasteiger partial charge in [-0.3, -0.25) is 19.2 Å². The fourth-order valence-electron chi connectivity index (χ4n) is 2.93. The molecule has 0 saturated carbocycles. The number of carbonyl (C=O) groups excluding carboxylic acids is 6. The SMILES string of the molecule is CCC(=O)O[C@H](CC(=O)OC(=O)/C=C/C(=O)OC(=O)C[C@H](C[N+](C)(C)C)OC(=O)CC)C[N+](C)(C)C.[H-].[H-].[H-].[H-].[Mg+2].[Mg+2]. The molecule has 0 saturated heterocycles. The van der Waals surface area contributed by atoms with E-state index in [4.69, 9.17) is 9.47 Å². The zero-order chi connectivity index (χ0) is 28.1. The molecule has 2 atom stereocenters. The van der Waals surface area contributed by atoms with Crippen LogP contribution in [0.3, 0.4) is 0 Å².